The van der Waals surface area contributed by atoms with Crippen LogP contribution in [-0.4, -0.2) is 16.6 Å². The molecule has 0 amide bonds. The molecule has 0 radical (unpaired) electrons. The Balaban J connectivity index is 1.85. The fourth-order valence-corrected chi connectivity index (χ4v) is 3.85. The van der Waals surface area contributed by atoms with Gasteiger partial charge in [-0.2, -0.15) is 0 Å². The fraction of sp³-hybridized carbons (Fsp3) is 0.333. The maximum Gasteiger partial charge on any atom is 0.135 e. The monoisotopic (exact) mass is 320 g/mol. The van der Waals surface area contributed by atoms with Crippen molar-refractivity contribution < 1.29 is 4.42 Å². The normalized spacial score (nSPS) is 18.3. The van der Waals surface area contributed by atoms with E-state index in [0.29, 0.717) is 6.17 Å². The second kappa shape index (κ2) is 5.04. The number of benzene rings is 2. The summed E-state index contributed by atoms with van der Waals surface area (Å²) in [5.41, 5.74) is 4.52. The van der Waals surface area contributed by atoms with Gasteiger partial charge in [0.15, 0.2) is 0 Å². The zero-order chi connectivity index (χ0) is 17.1. The number of furan rings is 1. The van der Waals surface area contributed by atoms with E-state index < -0.39 is 0 Å². The quantitative estimate of drug-likeness (QED) is 0.579. The lowest BCUT2D eigenvalue weighted by molar-refractivity contribution is 0.171. The van der Waals surface area contributed by atoms with Gasteiger partial charge in [-0.05, 0) is 58.4 Å². The van der Waals surface area contributed by atoms with Crippen molar-refractivity contribution in [3.8, 4) is 0 Å². The molecule has 0 fully saturated rings. The lowest BCUT2D eigenvalue weighted by Crippen LogP contribution is -2.46. The lowest BCUT2D eigenvalue weighted by atomic mass is 10.0. The highest BCUT2D eigenvalue weighted by atomic mass is 16.3. The molecule has 3 heteroatoms. The number of para-hydroxylation sites is 1. The molecule has 3 aromatic rings. The summed E-state index contributed by atoms with van der Waals surface area (Å²) >= 11 is 0. The number of hydrogen-bond donors (Lipinski definition) is 0. The topological polar surface area (TPSA) is 19.6 Å². The molecule has 0 N–H and O–H groups in total. The number of hydrogen-bond acceptors (Lipinski definition) is 3. The maximum absolute atomic E-state index is 6.01. The van der Waals surface area contributed by atoms with E-state index in [1.165, 1.54) is 22.0 Å². The van der Waals surface area contributed by atoms with Gasteiger partial charge in [-0.3, -0.25) is 0 Å². The highest BCUT2D eigenvalue weighted by molar-refractivity contribution is 6.08. The molecule has 0 aliphatic carbocycles. The van der Waals surface area contributed by atoms with Crippen LogP contribution in [0.15, 0.2) is 53.2 Å². The third-order valence-electron chi connectivity index (χ3n) is 5.02. The van der Waals surface area contributed by atoms with E-state index in [9.17, 15) is 0 Å². The van der Waals surface area contributed by atoms with Gasteiger partial charge >= 0.3 is 0 Å². The van der Waals surface area contributed by atoms with Crippen molar-refractivity contribution in [2.24, 2.45) is 0 Å². The molecule has 1 atom stereocenters. The first-order chi connectivity index (χ1) is 11.4. The molecule has 0 unspecified atom stereocenters. The van der Waals surface area contributed by atoms with Crippen LogP contribution in [0.4, 0.5) is 5.69 Å². The van der Waals surface area contributed by atoms with Crippen LogP contribution in [-0.2, 0) is 0 Å². The Hall–Kier alpha value is -2.42. The van der Waals surface area contributed by atoms with Crippen LogP contribution in [0.25, 0.3) is 21.9 Å². The average Bonchev–Trinajstić information content (AvgIpc) is 3.08. The minimum Gasteiger partial charge on any atom is -0.456 e. The summed E-state index contributed by atoms with van der Waals surface area (Å²) in [4.78, 5) is 4.74. The minimum absolute atomic E-state index is 0.102. The Morgan fingerprint density at radius 3 is 2.42 bits per heavy atom. The first-order valence-electron chi connectivity index (χ1n) is 8.54. The summed E-state index contributed by atoms with van der Waals surface area (Å²) < 4.78 is 6.01. The number of fused-ring (bicyclic) bond motifs is 3. The minimum atomic E-state index is 0.102. The zero-order valence-electron chi connectivity index (χ0n) is 15.0. The van der Waals surface area contributed by atoms with Crippen LogP contribution in [0, 0.1) is 6.92 Å². The van der Waals surface area contributed by atoms with E-state index in [2.05, 4.69) is 81.1 Å². The van der Waals surface area contributed by atoms with Crippen molar-refractivity contribution in [2.45, 2.75) is 46.3 Å². The molecule has 2 aromatic carbocycles. The van der Waals surface area contributed by atoms with Crippen molar-refractivity contribution in [3.05, 3.63) is 54.4 Å². The van der Waals surface area contributed by atoms with Crippen LogP contribution in [0.1, 0.15) is 33.3 Å². The third kappa shape index (κ3) is 2.11. The van der Waals surface area contributed by atoms with Gasteiger partial charge in [-0.1, -0.05) is 18.2 Å². The molecular formula is C21H24N2O. The summed E-state index contributed by atoms with van der Waals surface area (Å²) in [6, 6.07) is 12.5. The van der Waals surface area contributed by atoms with Gasteiger partial charge < -0.3 is 14.2 Å². The Morgan fingerprint density at radius 2 is 1.71 bits per heavy atom. The molecular weight excluding hydrogens is 296 g/mol. The molecule has 0 saturated carbocycles. The molecule has 4 rings (SSSR count). The number of nitrogens with zero attached hydrogens (tertiary/aromatic N) is 2. The standard InChI is InChI=1S/C21H24N2O/c1-14-17(22-12-13-23(15(22)2)21(3,4)5)10-11-19-20(14)16-8-6-7-9-18(16)24-19/h6-13,15H,1-5H3/t15-/m1/s1. The SMILES string of the molecule is Cc1c(N2C=CN(C(C)(C)C)[C@@H]2C)ccc2oc3ccccc3c12. The number of rotatable bonds is 1. The van der Waals surface area contributed by atoms with Crippen molar-refractivity contribution in [1.29, 1.82) is 0 Å². The van der Waals surface area contributed by atoms with Crippen LogP contribution < -0.4 is 4.90 Å². The second-order valence-electron chi connectivity index (χ2n) is 7.60. The van der Waals surface area contributed by atoms with Gasteiger partial charge in [-0.25, -0.2) is 0 Å². The van der Waals surface area contributed by atoms with E-state index in [4.69, 9.17) is 4.42 Å². The Kier molecular flexibility index (Phi) is 3.17. The summed E-state index contributed by atoms with van der Waals surface area (Å²) in [6.45, 7) is 11.2. The molecule has 3 nitrogen and oxygen atoms in total. The second-order valence-corrected chi connectivity index (χ2v) is 7.60. The van der Waals surface area contributed by atoms with Gasteiger partial charge in [0, 0.05) is 34.4 Å². The van der Waals surface area contributed by atoms with E-state index in [0.717, 1.165) is 11.2 Å². The molecule has 0 bridgehead atoms. The van der Waals surface area contributed by atoms with E-state index in [1.807, 2.05) is 12.1 Å². The largest absolute Gasteiger partial charge is 0.456 e. The van der Waals surface area contributed by atoms with E-state index in [1.54, 1.807) is 0 Å². The molecule has 2 heterocycles. The Labute approximate surface area is 143 Å². The van der Waals surface area contributed by atoms with Gasteiger partial charge in [0.2, 0.25) is 0 Å². The van der Waals surface area contributed by atoms with Crippen molar-refractivity contribution in [3.63, 3.8) is 0 Å². The van der Waals surface area contributed by atoms with E-state index >= 15 is 0 Å². The van der Waals surface area contributed by atoms with E-state index in [-0.39, 0.29) is 5.54 Å². The van der Waals surface area contributed by atoms with Crippen LogP contribution in [0.3, 0.4) is 0 Å². The fourth-order valence-electron chi connectivity index (χ4n) is 3.85. The molecule has 1 aromatic heterocycles. The number of aryl methyl sites for hydroxylation is 1. The first kappa shape index (κ1) is 15.1. The van der Waals surface area contributed by atoms with Crippen molar-refractivity contribution >= 4 is 27.6 Å². The van der Waals surface area contributed by atoms with Gasteiger partial charge in [0.1, 0.15) is 17.3 Å². The van der Waals surface area contributed by atoms with Crippen LogP contribution >= 0.6 is 0 Å². The smallest absolute Gasteiger partial charge is 0.135 e. The highest BCUT2D eigenvalue weighted by Gasteiger charge is 2.31. The molecule has 124 valence electrons. The Morgan fingerprint density at radius 1 is 0.958 bits per heavy atom. The predicted molar refractivity (Wildman–Crippen MR) is 101 cm³/mol. The lowest BCUT2D eigenvalue weighted by Gasteiger charge is -2.39. The van der Waals surface area contributed by atoms with Crippen molar-refractivity contribution in [2.75, 3.05) is 4.90 Å². The summed E-state index contributed by atoms with van der Waals surface area (Å²) in [5, 5.41) is 2.41. The van der Waals surface area contributed by atoms with Crippen molar-refractivity contribution in [1.82, 2.24) is 4.90 Å². The molecule has 24 heavy (non-hydrogen) atoms. The van der Waals surface area contributed by atoms with Crippen LogP contribution in [0.2, 0.25) is 0 Å². The third-order valence-corrected chi connectivity index (χ3v) is 5.02. The summed E-state index contributed by atoms with van der Waals surface area (Å²) in [5.74, 6) is 0. The molecule has 1 aliphatic rings. The summed E-state index contributed by atoms with van der Waals surface area (Å²) in [6.07, 6.45) is 4.67. The number of anilines is 1. The molecule has 0 saturated heterocycles. The van der Waals surface area contributed by atoms with Gasteiger partial charge in [-0.15, -0.1) is 0 Å². The first-order valence-corrected chi connectivity index (χ1v) is 8.54. The zero-order valence-corrected chi connectivity index (χ0v) is 15.0. The maximum atomic E-state index is 6.01. The predicted octanol–water partition coefficient (Wildman–Crippen LogP) is 5.63. The molecule has 0 spiro atoms. The van der Waals surface area contributed by atoms with Gasteiger partial charge in [0.05, 0.1) is 0 Å². The molecule has 1 aliphatic heterocycles. The Bertz CT molecular complexity index is 946. The highest BCUT2D eigenvalue weighted by Crippen LogP contribution is 2.38. The van der Waals surface area contributed by atoms with Crippen LogP contribution in [0.5, 0.6) is 0 Å². The average molecular weight is 320 g/mol. The summed E-state index contributed by atoms with van der Waals surface area (Å²) in [7, 11) is 0. The van der Waals surface area contributed by atoms with Gasteiger partial charge in [0.25, 0.3) is 0 Å².